The lowest BCUT2D eigenvalue weighted by Gasteiger charge is -2.26. The summed E-state index contributed by atoms with van der Waals surface area (Å²) in [4.78, 5) is 24.9. The second-order valence-electron chi connectivity index (χ2n) is 6.16. The van der Waals surface area contributed by atoms with Gasteiger partial charge in [0.05, 0.1) is 18.1 Å². The van der Waals surface area contributed by atoms with Crippen molar-refractivity contribution in [3.05, 3.63) is 24.3 Å². The van der Waals surface area contributed by atoms with Gasteiger partial charge >= 0.3 is 12.0 Å². The summed E-state index contributed by atoms with van der Waals surface area (Å²) in [5, 5.41) is 11.8. The maximum absolute atomic E-state index is 12.7. The molecule has 1 atom stereocenters. The number of nitrogens with one attached hydrogen (secondary N) is 1. The van der Waals surface area contributed by atoms with E-state index in [-0.39, 0.29) is 18.0 Å². The Morgan fingerprint density at radius 2 is 1.92 bits per heavy atom. The molecule has 0 unspecified atom stereocenters. The lowest BCUT2D eigenvalue weighted by Crippen LogP contribution is -2.42. The van der Waals surface area contributed by atoms with E-state index >= 15 is 0 Å². The third-order valence-corrected chi connectivity index (χ3v) is 6.39. The Balaban J connectivity index is 1.75. The second-order valence-corrected chi connectivity index (χ2v) is 8.10. The van der Waals surface area contributed by atoms with Crippen molar-refractivity contribution in [3.8, 4) is 0 Å². The quantitative estimate of drug-likeness (QED) is 0.794. The fourth-order valence-corrected chi connectivity index (χ4v) is 4.59. The number of sulfonamides is 1. The van der Waals surface area contributed by atoms with E-state index in [1.54, 1.807) is 12.1 Å². The second kappa shape index (κ2) is 7.60. The summed E-state index contributed by atoms with van der Waals surface area (Å²) in [6.07, 6.45) is 1.03. The number of ether oxygens (including phenoxy) is 1. The van der Waals surface area contributed by atoms with Gasteiger partial charge in [-0.1, -0.05) is 6.07 Å². The number of carbonyl (C=O) groups excluding carboxylic acids is 1. The molecule has 9 nitrogen and oxygen atoms in total. The number of amides is 2. The Hall–Kier alpha value is -2.17. The predicted molar refractivity (Wildman–Crippen MR) is 92.4 cm³/mol. The molecule has 0 radical (unpaired) electrons. The minimum atomic E-state index is -3.67. The average Bonchev–Trinajstić information content (AvgIpc) is 3.13. The van der Waals surface area contributed by atoms with Crippen LogP contribution in [-0.4, -0.2) is 73.6 Å². The molecule has 2 aliphatic rings. The van der Waals surface area contributed by atoms with E-state index in [2.05, 4.69) is 5.32 Å². The number of urea groups is 1. The molecule has 142 valence electrons. The van der Waals surface area contributed by atoms with Crippen LogP contribution in [0.2, 0.25) is 0 Å². The molecule has 1 aromatic carbocycles. The zero-order valence-electron chi connectivity index (χ0n) is 14.1. The fraction of sp³-hybridized carbons (Fsp3) is 0.500. The Bertz CT molecular complexity index is 791. The van der Waals surface area contributed by atoms with E-state index in [0.29, 0.717) is 38.3 Å². The van der Waals surface area contributed by atoms with Gasteiger partial charge in [-0.15, -0.1) is 0 Å². The summed E-state index contributed by atoms with van der Waals surface area (Å²) in [7, 11) is -3.67. The van der Waals surface area contributed by atoms with Crippen molar-refractivity contribution in [1.82, 2.24) is 9.21 Å². The molecule has 0 aliphatic carbocycles. The highest BCUT2D eigenvalue weighted by Crippen LogP contribution is 2.22. The molecule has 2 heterocycles. The number of carboxylic acids is 1. The third kappa shape index (κ3) is 3.81. The largest absolute Gasteiger partial charge is 0.480 e. The highest BCUT2D eigenvalue weighted by molar-refractivity contribution is 7.89. The average molecular weight is 383 g/mol. The van der Waals surface area contributed by atoms with Crippen molar-refractivity contribution in [1.29, 1.82) is 0 Å². The minimum Gasteiger partial charge on any atom is -0.480 e. The Kier molecular flexibility index (Phi) is 5.44. The topological polar surface area (TPSA) is 116 Å². The Labute approximate surface area is 151 Å². The predicted octanol–water partition coefficient (Wildman–Crippen LogP) is 0.788. The Morgan fingerprint density at radius 3 is 2.62 bits per heavy atom. The van der Waals surface area contributed by atoms with E-state index in [4.69, 9.17) is 4.74 Å². The van der Waals surface area contributed by atoms with Gasteiger partial charge in [-0.3, -0.25) is 0 Å². The molecule has 2 fully saturated rings. The molecular weight excluding hydrogens is 362 g/mol. The zero-order chi connectivity index (χ0) is 18.7. The summed E-state index contributed by atoms with van der Waals surface area (Å²) in [6, 6.07) is 4.57. The molecule has 0 bridgehead atoms. The summed E-state index contributed by atoms with van der Waals surface area (Å²) < 4.78 is 31.9. The van der Waals surface area contributed by atoms with Gasteiger partial charge in [0.1, 0.15) is 6.04 Å². The van der Waals surface area contributed by atoms with E-state index in [0.717, 1.165) is 0 Å². The summed E-state index contributed by atoms with van der Waals surface area (Å²) in [5.74, 6) is -1.04. The van der Waals surface area contributed by atoms with Gasteiger partial charge in [0.25, 0.3) is 0 Å². The van der Waals surface area contributed by atoms with Gasteiger partial charge in [0, 0.05) is 25.3 Å². The van der Waals surface area contributed by atoms with Crippen LogP contribution >= 0.6 is 0 Å². The molecule has 0 saturated carbocycles. The van der Waals surface area contributed by atoms with E-state index in [9.17, 15) is 23.1 Å². The van der Waals surface area contributed by atoms with Crippen molar-refractivity contribution in [2.45, 2.75) is 23.8 Å². The van der Waals surface area contributed by atoms with Crippen LogP contribution in [0.25, 0.3) is 0 Å². The monoisotopic (exact) mass is 383 g/mol. The number of benzene rings is 1. The molecule has 26 heavy (non-hydrogen) atoms. The zero-order valence-corrected chi connectivity index (χ0v) is 14.9. The normalized spacial score (nSPS) is 21.5. The van der Waals surface area contributed by atoms with Crippen molar-refractivity contribution in [3.63, 3.8) is 0 Å². The molecule has 2 amide bonds. The number of hydrogen-bond acceptors (Lipinski definition) is 5. The molecule has 0 aromatic heterocycles. The van der Waals surface area contributed by atoms with Crippen LogP contribution in [0.1, 0.15) is 12.8 Å². The van der Waals surface area contributed by atoms with E-state index in [1.165, 1.54) is 21.3 Å². The van der Waals surface area contributed by atoms with Crippen LogP contribution in [0, 0.1) is 0 Å². The molecule has 0 spiro atoms. The first-order valence-corrected chi connectivity index (χ1v) is 9.82. The van der Waals surface area contributed by atoms with Crippen molar-refractivity contribution in [2.75, 3.05) is 38.2 Å². The molecule has 2 N–H and O–H groups in total. The number of aliphatic carboxylic acids is 1. The van der Waals surface area contributed by atoms with Crippen molar-refractivity contribution >= 4 is 27.7 Å². The maximum atomic E-state index is 12.7. The van der Waals surface area contributed by atoms with Crippen LogP contribution in [0.3, 0.4) is 0 Å². The van der Waals surface area contributed by atoms with Crippen LogP contribution in [0.4, 0.5) is 10.5 Å². The van der Waals surface area contributed by atoms with E-state index < -0.39 is 28.1 Å². The van der Waals surface area contributed by atoms with Gasteiger partial charge in [-0.2, -0.15) is 4.31 Å². The first-order valence-electron chi connectivity index (χ1n) is 8.38. The first kappa shape index (κ1) is 18.6. The standard InChI is InChI=1S/C16H21N3O6S/c20-15(21)14-5-2-6-19(14)16(22)17-12-3-1-4-13(11-12)26(23,24)18-7-9-25-10-8-18/h1,3-4,11,14H,2,5-10H2,(H,17,22)(H,20,21)/t14-/m1/s1. The highest BCUT2D eigenvalue weighted by Gasteiger charge is 2.34. The van der Waals surface area contributed by atoms with Crippen LogP contribution in [0.15, 0.2) is 29.2 Å². The SMILES string of the molecule is O=C(O)[C@H]1CCCN1C(=O)Nc1cccc(S(=O)(=O)N2CCOCC2)c1. The smallest absolute Gasteiger partial charge is 0.326 e. The van der Waals surface area contributed by atoms with E-state index in [1.807, 2.05) is 0 Å². The molecular formula is C16H21N3O6S. The molecule has 2 aliphatic heterocycles. The number of nitrogens with zero attached hydrogens (tertiary/aromatic N) is 2. The van der Waals surface area contributed by atoms with Crippen LogP contribution in [-0.2, 0) is 19.6 Å². The van der Waals surface area contributed by atoms with Gasteiger partial charge in [-0.05, 0) is 31.0 Å². The maximum Gasteiger partial charge on any atom is 0.326 e. The van der Waals surface area contributed by atoms with Crippen LogP contribution in [0.5, 0.6) is 0 Å². The summed E-state index contributed by atoms with van der Waals surface area (Å²) >= 11 is 0. The first-order chi connectivity index (χ1) is 12.4. The summed E-state index contributed by atoms with van der Waals surface area (Å²) in [5.41, 5.74) is 0.306. The fourth-order valence-electron chi connectivity index (χ4n) is 3.13. The third-order valence-electron chi connectivity index (χ3n) is 4.49. The van der Waals surface area contributed by atoms with Gasteiger partial charge in [0.2, 0.25) is 10.0 Å². The minimum absolute atomic E-state index is 0.0772. The molecule has 3 rings (SSSR count). The van der Waals surface area contributed by atoms with Crippen molar-refractivity contribution < 1.29 is 27.9 Å². The lowest BCUT2D eigenvalue weighted by molar-refractivity contribution is -0.141. The number of anilines is 1. The lowest BCUT2D eigenvalue weighted by atomic mass is 10.2. The summed E-state index contributed by atoms with van der Waals surface area (Å²) in [6.45, 7) is 1.62. The number of morpholine rings is 1. The number of carbonyl (C=O) groups is 2. The van der Waals surface area contributed by atoms with Gasteiger partial charge < -0.3 is 20.1 Å². The van der Waals surface area contributed by atoms with Crippen molar-refractivity contribution in [2.24, 2.45) is 0 Å². The number of hydrogen-bond donors (Lipinski definition) is 2. The number of likely N-dealkylation sites (tertiary alicyclic amines) is 1. The van der Waals surface area contributed by atoms with Gasteiger partial charge in [-0.25, -0.2) is 18.0 Å². The Morgan fingerprint density at radius 1 is 1.19 bits per heavy atom. The molecule has 1 aromatic rings. The van der Waals surface area contributed by atoms with Gasteiger partial charge in [0.15, 0.2) is 0 Å². The molecule has 10 heteroatoms. The van der Waals surface area contributed by atoms with Crippen LogP contribution < -0.4 is 5.32 Å². The molecule has 2 saturated heterocycles. The number of rotatable bonds is 4. The highest BCUT2D eigenvalue weighted by atomic mass is 32.2. The number of carboxylic acid groups (broad SMARTS) is 1.